The lowest BCUT2D eigenvalue weighted by Gasteiger charge is -2.19. The number of halogens is 1. The number of hydrogen-bond donors (Lipinski definition) is 1. The molecular weight excluding hydrogens is 278 g/mol. The van der Waals surface area contributed by atoms with Crippen LogP contribution in [0.1, 0.15) is 29.0 Å². The largest absolute Gasteiger partial charge is 0.497 e. The Kier molecular flexibility index (Phi) is 4.86. The van der Waals surface area contributed by atoms with Gasteiger partial charge in [-0.1, -0.05) is 24.6 Å². The Morgan fingerprint density at radius 2 is 2.16 bits per heavy atom. The Balaban J connectivity index is 2.42. The van der Waals surface area contributed by atoms with Crippen LogP contribution in [0, 0.1) is 0 Å². The summed E-state index contributed by atoms with van der Waals surface area (Å²) in [6, 6.07) is 8.16. The molecule has 1 N–H and O–H groups in total. The highest BCUT2D eigenvalue weighted by atomic mass is 35.5. The number of nitrogens with one attached hydrogen (secondary N) is 1. The first kappa shape index (κ1) is 14.4. The maximum atomic E-state index is 6.38. The minimum atomic E-state index is 0.133. The van der Waals surface area contributed by atoms with Crippen LogP contribution in [-0.4, -0.2) is 14.2 Å². The van der Waals surface area contributed by atoms with Gasteiger partial charge in [0.05, 0.1) is 13.2 Å². The summed E-state index contributed by atoms with van der Waals surface area (Å²) in [6.07, 6.45) is 1.03. The number of rotatable bonds is 5. The molecule has 4 heteroatoms. The van der Waals surface area contributed by atoms with Crippen molar-refractivity contribution in [3.8, 4) is 5.75 Å². The van der Waals surface area contributed by atoms with Gasteiger partial charge in [0.1, 0.15) is 5.75 Å². The summed E-state index contributed by atoms with van der Waals surface area (Å²) in [6.45, 7) is 2.17. The molecule has 0 fully saturated rings. The van der Waals surface area contributed by atoms with E-state index in [1.165, 1.54) is 10.4 Å². The van der Waals surface area contributed by atoms with Gasteiger partial charge in [-0.15, -0.1) is 11.3 Å². The summed E-state index contributed by atoms with van der Waals surface area (Å²) >= 11 is 8.15. The van der Waals surface area contributed by atoms with Crippen LogP contribution in [0.3, 0.4) is 0 Å². The minimum absolute atomic E-state index is 0.133. The molecule has 0 aliphatic heterocycles. The standard InChI is InChI=1S/C15H18ClNOS/c1-4-10-7-8-19-15(10)14(17-2)12-6-5-11(18-3)9-13(12)16/h5-9,14,17H,4H2,1-3H3. The highest BCUT2D eigenvalue weighted by Gasteiger charge is 2.19. The van der Waals surface area contributed by atoms with Crippen LogP contribution in [0.5, 0.6) is 5.75 Å². The van der Waals surface area contributed by atoms with Gasteiger partial charge in [-0.25, -0.2) is 0 Å². The first-order valence-electron chi connectivity index (χ1n) is 6.28. The van der Waals surface area contributed by atoms with E-state index in [2.05, 4.69) is 23.7 Å². The fourth-order valence-corrected chi connectivity index (χ4v) is 3.59. The second-order valence-electron chi connectivity index (χ2n) is 4.27. The minimum Gasteiger partial charge on any atom is -0.497 e. The number of benzene rings is 1. The van der Waals surface area contributed by atoms with Crippen molar-refractivity contribution in [2.75, 3.05) is 14.2 Å². The molecule has 0 saturated carbocycles. The molecule has 1 atom stereocenters. The summed E-state index contributed by atoms with van der Waals surface area (Å²) < 4.78 is 5.20. The highest BCUT2D eigenvalue weighted by molar-refractivity contribution is 7.10. The van der Waals surface area contributed by atoms with Gasteiger partial charge in [0.25, 0.3) is 0 Å². The molecule has 19 heavy (non-hydrogen) atoms. The molecule has 0 saturated heterocycles. The van der Waals surface area contributed by atoms with E-state index in [1.807, 2.05) is 25.2 Å². The molecule has 2 aromatic rings. The van der Waals surface area contributed by atoms with Crippen molar-refractivity contribution in [1.82, 2.24) is 5.32 Å². The zero-order valence-electron chi connectivity index (χ0n) is 11.4. The third-order valence-corrected chi connectivity index (χ3v) is 4.58. The van der Waals surface area contributed by atoms with Crippen LogP contribution >= 0.6 is 22.9 Å². The highest BCUT2D eigenvalue weighted by Crippen LogP contribution is 2.35. The van der Waals surface area contributed by atoms with Crippen LogP contribution in [0.4, 0.5) is 0 Å². The van der Waals surface area contributed by atoms with Gasteiger partial charge in [-0.2, -0.15) is 0 Å². The number of methoxy groups -OCH3 is 1. The lowest BCUT2D eigenvalue weighted by atomic mass is 10.0. The molecule has 1 aromatic carbocycles. The molecule has 2 rings (SSSR count). The van der Waals surface area contributed by atoms with Crippen LogP contribution in [-0.2, 0) is 6.42 Å². The van der Waals surface area contributed by atoms with Crippen molar-refractivity contribution < 1.29 is 4.74 Å². The van der Waals surface area contributed by atoms with E-state index in [-0.39, 0.29) is 6.04 Å². The van der Waals surface area contributed by atoms with Crippen molar-refractivity contribution in [2.24, 2.45) is 0 Å². The molecule has 102 valence electrons. The van der Waals surface area contributed by atoms with Crippen LogP contribution in [0.2, 0.25) is 5.02 Å². The number of hydrogen-bond acceptors (Lipinski definition) is 3. The molecule has 2 nitrogen and oxygen atoms in total. The van der Waals surface area contributed by atoms with Crippen LogP contribution < -0.4 is 10.1 Å². The van der Waals surface area contributed by atoms with E-state index in [4.69, 9.17) is 16.3 Å². The summed E-state index contributed by atoms with van der Waals surface area (Å²) in [4.78, 5) is 1.33. The van der Waals surface area contributed by atoms with Crippen molar-refractivity contribution in [3.05, 3.63) is 50.7 Å². The van der Waals surface area contributed by atoms with E-state index in [0.717, 1.165) is 22.8 Å². The maximum absolute atomic E-state index is 6.38. The zero-order chi connectivity index (χ0) is 13.8. The summed E-state index contributed by atoms with van der Waals surface area (Å²) in [5.41, 5.74) is 2.46. The summed E-state index contributed by atoms with van der Waals surface area (Å²) in [7, 11) is 3.61. The first-order chi connectivity index (χ1) is 9.21. The molecule has 1 unspecified atom stereocenters. The smallest absolute Gasteiger partial charge is 0.120 e. The molecule has 0 radical (unpaired) electrons. The van der Waals surface area contributed by atoms with E-state index in [0.29, 0.717) is 0 Å². The quantitative estimate of drug-likeness (QED) is 0.889. The van der Waals surface area contributed by atoms with Gasteiger partial charge < -0.3 is 10.1 Å². The Morgan fingerprint density at radius 3 is 2.74 bits per heavy atom. The van der Waals surface area contributed by atoms with Gasteiger partial charge >= 0.3 is 0 Å². The van der Waals surface area contributed by atoms with Crippen LogP contribution in [0.15, 0.2) is 29.6 Å². The molecular formula is C15H18ClNOS. The third kappa shape index (κ3) is 2.94. The fourth-order valence-electron chi connectivity index (χ4n) is 2.19. The molecule has 1 heterocycles. The SMILES string of the molecule is CCc1ccsc1C(NC)c1ccc(OC)cc1Cl. The topological polar surface area (TPSA) is 21.3 Å². The number of aryl methyl sites for hydroxylation is 1. The fraction of sp³-hybridized carbons (Fsp3) is 0.333. The average molecular weight is 296 g/mol. The Labute approximate surface area is 123 Å². The first-order valence-corrected chi connectivity index (χ1v) is 7.54. The second kappa shape index (κ2) is 6.42. The van der Waals surface area contributed by atoms with Crippen molar-refractivity contribution in [2.45, 2.75) is 19.4 Å². The zero-order valence-corrected chi connectivity index (χ0v) is 12.9. The van der Waals surface area contributed by atoms with E-state index in [1.54, 1.807) is 18.4 Å². The van der Waals surface area contributed by atoms with Gasteiger partial charge in [-0.3, -0.25) is 0 Å². The lowest BCUT2D eigenvalue weighted by Crippen LogP contribution is -2.18. The maximum Gasteiger partial charge on any atom is 0.120 e. The number of ether oxygens (including phenoxy) is 1. The van der Waals surface area contributed by atoms with Crippen molar-refractivity contribution in [3.63, 3.8) is 0 Å². The van der Waals surface area contributed by atoms with Gasteiger partial charge in [0.2, 0.25) is 0 Å². The Bertz CT molecular complexity index is 553. The molecule has 0 bridgehead atoms. The van der Waals surface area contributed by atoms with Crippen molar-refractivity contribution in [1.29, 1.82) is 0 Å². The predicted octanol–water partition coefficient (Wildman–Crippen LogP) is 4.28. The molecule has 0 amide bonds. The molecule has 0 aliphatic rings. The van der Waals surface area contributed by atoms with Gasteiger partial charge in [0.15, 0.2) is 0 Å². The predicted molar refractivity (Wildman–Crippen MR) is 82.6 cm³/mol. The molecule has 0 aliphatic carbocycles. The average Bonchev–Trinajstić information content (AvgIpc) is 2.89. The van der Waals surface area contributed by atoms with Gasteiger partial charge in [-0.05, 0) is 48.2 Å². The van der Waals surface area contributed by atoms with Crippen molar-refractivity contribution >= 4 is 22.9 Å². The van der Waals surface area contributed by atoms with Crippen LogP contribution in [0.25, 0.3) is 0 Å². The van der Waals surface area contributed by atoms with Gasteiger partial charge in [0, 0.05) is 9.90 Å². The van der Waals surface area contributed by atoms with E-state index in [9.17, 15) is 0 Å². The molecule has 1 aromatic heterocycles. The Morgan fingerprint density at radius 1 is 1.37 bits per heavy atom. The third-order valence-electron chi connectivity index (χ3n) is 3.23. The summed E-state index contributed by atoms with van der Waals surface area (Å²) in [5, 5.41) is 6.22. The normalized spacial score (nSPS) is 12.4. The second-order valence-corrected chi connectivity index (χ2v) is 5.63. The van der Waals surface area contributed by atoms with E-state index >= 15 is 0 Å². The lowest BCUT2D eigenvalue weighted by molar-refractivity contribution is 0.414. The number of thiophene rings is 1. The molecule has 0 spiro atoms. The monoisotopic (exact) mass is 295 g/mol. The summed E-state index contributed by atoms with van der Waals surface area (Å²) in [5.74, 6) is 0.783. The Hall–Kier alpha value is -1.03. The van der Waals surface area contributed by atoms with E-state index < -0.39 is 0 Å².